The van der Waals surface area contributed by atoms with E-state index in [1.165, 1.54) is 5.56 Å². The van der Waals surface area contributed by atoms with Gasteiger partial charge in [-0.2, -0.15) is 0 Å². The van der Waals surface area contributed by atoms with Crippen LogP contribution >= 0.6 is 12.4 Å². The van der Waals surface area contributed by atoms with Crippen molar-refractivity contribution in [2.24, 2.45) is 0 Å². The van der Waals surface area contributed by atoms with Crippen molar-refractivity contribution in [3.05, 3.63) is 47.3 Å². The maximum atomic E-state index is 5.46. The second-order valence-corrected chi connectivity index (χ2v) is 4.11. The number of halogens is 1. The van der Waals surface area contributed by atoms with E-state index in [0.717, 1.165) is 23.7 Å². The van der Waals surface area contributed by atoms with Crippen LogP contribution in [0.3, 0.4) is 0 Å². The normalized spacial score (nSPS) is 10.0. The minimum Gasteiger partial charge on any atom is -0.494 e. The second-order valence-electron chi connectivity index (χ2n) is 4.11. The summed E-state index contributed by atoms with van der Waals surface area (Å²) in [7, 11) is 0. The van der Waals surface area contributed by atoms with E-state index >= 15 is 0 Å². The molecule has 1 aromatic heterocycles. The Bertz CT molecular complexity index is 500. The monoisotopic (exact) mass is 282 g/mol. The molecule has 104 valence electrons. The van der Waals surface area contributed by atoms with Crippen LogP contribution in [0.1, 0.15) is 23.9 Å². The molecule has 2 rings (SSSR count). The van der Waals surface area contributed by atoms with Gasteiger partial charge in [-0.3, -0.25) is 0 Å². The van der Waals surface area contributed by atoms with E-state index in [4.69, 9.17) is 9.26 Å². The second kappa shape index (κ2) is 7.81. The van der Waals surface area contributed by atoms with Crippen LogP contribution in [0.25, 0.3) is 0 Å². The van der Waals surface area contributed by atoms with Crippen molar-refractivity contribution in [2.45, 2.75) is 26.9 Å². The van der Waals surface area contributed by atoms with Gasteiger partial charge in [-0.25, -0.2) is 0 Å². The third-order valence-corrected chi connectivity index (χ3v) is 2.52. The fourth-order valence-electron chi connectivity index (χ4n) is 1.75. The zero-order valence-corrected chi connectivity index (χ0v) is 12.0. The van der Waals surface area contributed by atoms with Crippen LogP contribution in [-0.4, -0.2) is 11.8 Å². The highest BCUT2D eigenvalue weighted by Gasteiger charge is 2.00. The van der Waals surface area contributed by atoms with Gasteiger partial charge in [0, 0.05) is 19.2 Å². The number of rotatable bonds is 6. The average Bonchev–Trinajstić information content (AvgIpc) is 2.76. The molecule has 1 heterocycles. The molecule has 0 saturated heterocycles. The minimum absolute atomic E-state index is 0. The van der Waals surface area contributed by atoms with Crippen molar-refractivity contribution in [1.29, 1.82) is 0 Å². The fourth-order valence-corrected chi connectivity index (χ4v) is 1.75. The van der Waals surface area contributed by atoms with E-state index in [0.29, 0.717) is 13.2 Å². The van der Waals surface area contributed by atoms with Crippen molar-refractivity contribution < 1.29 is 9.26 Å². The fraction of sp³-hybridized carbons (Fsp3) is 0.357. The smallest absolute Gasteiger partial charge is 0.133 e. The molecule has 4 nitrogen and oxygen atoms in total. The molecule has 0 atom stereocenters. The Morgan fingerprint density at radius 2 is 2.11 bits per heavy atom. The summed E-state index contributed by atoms with van der Waals surface area (Å²) in [6.45, 7) is 6.05. The lowest BCUT2D eigenvalue weighted by atomic mass is 10.2. The van der Waals surface area contributed by atoms with Gasteiger partial charge in [-0.05, 0) is 31.5 Å². The summed E-state index contributed by atoms with van der Waals surface area (Å²) in [5.41, 5.74) is 2.12. The molecule has 0 fully saturated rings. The number of ether oxygens (including phenoxy) is 1. The van der Waals surface area contributed by atoms with Crippen LogP contribution in [0.4, 0.5) is 0 Å². The molecule has 0 aliphatic carbocycles. The first-order valence-electron chi connectivity index (χ1n) is 6.12. The summed E-state index contributed by atoms with van der Waals surface area (Å²) in [5, 5.41) is 7.25. The number of nitrogens with zero attached hydrogens (tertiary/aromatic N) is 1. The molecule has 0 aliphatic heterocycles. The van der Waals surface area contributed by atoms with Crippen LogP contribution in [0, 0.1) is 6.92 Å². The lowest BCUT2D eigenvalue weighted by molar-refractivity contribution is 0.340. The number of aromatic nitrogens is 1. The van der Waals surface area contributed by atoms with Crippen LogP contribution in [-0.2, 0) is 13.1 Å². The minimum atomic E-state index is 0. The Hall–Kier alpha value is -1.52. The summed E-state index contributed by atoms with van der Waals surface area (Å²) in [4.78, 5) is 0. The largest absolute Gasteiger partial charge is 0.494 e. The number of hydrogen-bond donors (Lipinski definition) is 1. The van der Waals surface area contributed by atoms with Gasteiger partial charge in [0.15, 0.2) is 0 Å². The number of benzene rings is 1. The summed E-state index contributed by atoms with van der Waals surface area (Å²) >= 11 is 0. The highest BCUT2D eigenvalue weighted by atomic mass is 35.5. The van der Waals surface area contributed by atoms with E-state index in [-0.39, 0.29) is 12.4 Å². The first-order valence-corrected chi connectivity index (χ1v) is 6.12. The van der Waals surface area contributed by atoms with Gasteiger partial charge in [0.05, 0.1) is 12.3 Å². The van der Waals surface area contributed by atoms with Crippen LogP contribution in [0.5, 0.6) is 5.75 Å². The predicted molar refractivity (Wildman–Crippen MR) is 76.6 cm³/mol. The molecule has 0 aliphatic rings. The Morgan fingerprint density at radius 1 is 1.26 bits per heavy atom. The first-order chi connectivity index (χ1) is 8.78. The zero-order chi connectivity index (χ0) is 12.8. The van der Waals surface area contributed by atoms with Gasteiger partial charge in [-0.1, -0.05) is 17.3 Å². The number of hydrogen-bond acceptors (Lipinski definition) is 4. The van der Waals surface area contributed by atoms with Gasteiger partial charge in [0.1, 0.15) is 11.5 Å². The lowest BCUT2D eigenvalue weighted by Gasteiger charge is -2.06. The third kappa shape index (κ3) is 4.93. The van der Waals surface area contributed by atoms with Gasteiger partial charge in [0.2, 0.25) is 0 Å². The maximum absolute atomic E-state index is 5.46. The summed E-state index contributed by atoms with van der Waals surface area (Å²) < 4.78 is 10.5. The van der Waals surface area contributed by atoms with E-state index in [9.17, 15) is 0 Å². The molecule has 5 heteroatoms. The molecule has 0 saturated carbocycles. The van der Waals surface area contributed by atoms with Crippen molar-refractivity contribution in [2.75, 3.05) is 6.61 Å². The topological polar surface area (TPSA) is 47.3 Å². The highest BCUT2D eigenvalue weighted by molar-refractivity contribution is 5.85. The average molecular weight is 283 g/mol. The summed E-state index contributed by atoms with van der Waals surface area (Å²) in [5.74, 6) is 1.75. The van der Waals surface area contributed by atoms with Crippen LogP contribution < -0.4 is 10.1 Å². The Morgan fingerprint density at radius 3 is 2.79 bits per heavy atom. The number of nitrogens with one attached hydrogen (secondary N) is 1. The van der Waals surface area contributed by atoms with Gasteiger partial charge >= 0.3 is 0 Å². The van der Waals surface area contributed by atoms with Crippen molar-refractivity contribution >= 4 is 12.4 Å². The number of aryl methyl sites for hydroxylation is 1. The van der Waals surface area contributed by atoms with Gasteiger partial charge in [0.25, 0.3) is 0 Å². The van der Waals surface area contributed by atoms with Gasteiger partial charge < -0.3 is 14.6 Å². The quantitative estimate of drug-likeness (QED) is 0.884. The molecule has 0 radical (unpaired) electrons. The van der Waals surface area contributed by atoms with Crippen molar-refractivity contribution in [3.8, 4) is 5.75 Å². The highest BCUT2D eigenvalue weighted by Crippen LogP contribution is 2.13. The molecule has 1 N–H and O–H groups in total. The lowest BCUT2D eigenvalue weighted by Crippen LogP contribution is -2.12. The van der Waals surface area contributed by atoms with E-state index in [1.54, 1.807) is 0 Å². The molecule has 0 spiro atoms. The first kappa shape index (κ1) is 15.5. The van der Waals surface area contributed by atoms with E-state index < -0.39 is 0 Å². The molecule has 0 bridgehead atoms. The Kier molecular flexibility index (Phi) is 6.39. The molecule has 0 amide bonds. The molecular weight excluding hydrogens is 264 g/mol. The SMILES string of the molecule is CCOc1cccc(CNCc2cc(C)on2)c1.Cl. The van der Waals surface area contributed by atoms with E-state index in [2.05, 4.69) is 16.5 Å². The third-order valence-electron chi connectivity index (χ3n) is 2.52. The molecular formula is C14H19ClN2O2. The Balaban J connectivity index is 0.00000180. The van der Waals surface area contributed by atoms with E-state index in [1.807, 2.05) is 38.1 Å². The standard InChI is InChI=1S/C14H18N2O2.ClH/c1-3-17-14-6-4-5-12(8-14)9-15-10-13-7-11(2)18-16-13;/h4-8,15H,3,9-10H2,1-2H3;1H. The predicted octanol–water partition coefficient (Wildman–Crippen LogP) is 3.09. The summed E-state index contributed by atoms with van der Waals surface area (Å²) in [6.07, 6.45) is 0. The van der Waals surface area contributed by atoms with Gasteiger partial charge in [-0.15, -0.1) is 12.4 Å². The molecule has 19 heavy (non-hydrogen) atoms. The maximum Gasteiger partial charge on any atom is 0.133 e. The van der Waals surface area contributed by atoms with Crippen LogP contribution in [0.15, 0.2) is 34.9 Å². The molecule has 0 unspecified atom stereocenters. The van der Waals surface area contributed by atoms with Crippen LogP contribution in [0.2, 0.25) is 0 Å². The van der Waals surface area contributed by atoms with Crippen molar-refractivity contribution in [1.82, 2.24) is 10.5 Å². The summed E-state index contributed by atoms with van der Waals surface area (Å²) in [6, 6.07) is 10.0. The molecule has 2 aromatic rings. The van der Waals surface area contributed by atoms with Crippen molar-refractivity contribution in [3.63, 3.8) is 0 Å². The Labute approximate surface area is 119 Å². The molecule has 1 aromatic carbocycles. The zero-order valence-electron chi connectivity index (χ0n) is 11.2.